The molecule has 0 N–H and O–H groups in total. The molecule has 0 unspecified atom stereocenters. The number of hydrogen-bond donors (Lipinski definition) is 0. The van der Waals surface area contributed by atoms with Gasteiger partial charge in [0.1, 0.15) is 0 Å². The first kappa shape index (κ1) is 35.4. The molecule has 0 amide bonds. The Morgan fingerprint density at radius 3 is 1.23 bits per heavy atom. The molecule has 0 aliphatic rings. The summed E-state index contributed by atoms with van der Waals surface area (Å²) in [6.45, 7) is 4.31. The zero-order chi connectivity index (χ0) is 33.6. The Kier molecular flexibility index (Phi) is 13.7. The van der Waals surface area contributed by atoms with Gasteiger partial charge in [-0.2, -0.15) is 0 Å². The molecule has 0 saturated carbocycles. The minimum atomic E-state index is -0.826. The van der Waals surface area contributed by atoms with Crippen molar-refractivity contribution in [3.8, 4) is 44.8 Å². The second-order valence-corrected chi connectivity index (χ2v) is 15.6. The number of hydrogen-bond acceptors (Lipinski definition) is 2. The summed E-state index contributed by atoms with van der Waals surface area (Å²) in [6, 6.07) is 54.9. The number of nitrogens with zero attached hydrogens (tertiary/aromatic N) is 2. The second-order valence-electron chi connectivity index (χ2n) is 10.8. The van der Waals surface area contributed by atoms with Crippen molar-refractivity contribution in [3.63, 3.8) is 0 Å². The van der Waals surface area contributed by atoms with Gasteiger partial charge >= 0.3 is 37.9 Å². The predicted octanol–water partition coefficient (Wildman–Crippen LogP) is 12.7. The first-order valence-corrected chi connectivity index (χ1v) is 23.9. The van der Waals surface area contributed by atoms with E-state index in [1.807, 2.05) is 48.8 Å². The van der Waals surface area contributed by atoms with E-state index in [2.05, 4.69) is 144 Å². The average molecular weight is 757 g/mol. The molecule has 2 nitrogen and oxygen atoms in total. The standard InChI is InChI=1S/2C20H14N.C2H6Si.2ClH.Zr/c2*1-2-7-15(8-3-1)17-13-16-9-6-10-18(19(16)14-17)20-11-4-5-12-21-20;1-3-2;;;/h2*1-14H;1-2H3;2*1H;/q2*-1;;;;+4/p-2. The van der Waals surface area contributed by atoms with Gasteiger partial charge in [-0.25, -0.2) is 0 Å². The summed E-state index contributed by atoms with van der Waals surface area (Å²) < 4.78 is 0. The van der Waals surface area contributed by atoms with Crippen LogP contribution in [0.15, 0.2) is 170 Å². The number of halogens is 2. The molecule has 48 heavy (non-hydrogen) atoms. The first-order chi connectivity index (χ1) is 23.7. The van der Waals surface area contributed by atoms with Gasteiger partial charge in [-0.05, 0) is 35.4 Å². The zero-order valence-corrected chi connectivity index (χ0v) is 31.8. The van der Waals surface area contributed by atoms with Gasteiger partial charge in [-0.1, -0.05) is 121 Å². The molecule has 234 valence electrons. The summed E-state index contributed by atoms with van der Waals surface area (Å²) in [7, 11) is 11.0. The summed E-state index contributed by atoms with van der Waals surface area (Å²) in [4.78, 5) is 8.96. The zero-order valence-electron chi connectivity index (χ0n) is 26.8. The van der Waals surface area contributed by atoms with Crippen molar-refractivity contribution in [1.29, 1.82) is 0 Å². The van der Waals surface area contributed by atoms with E-state index in [1.165, 1.54) is 54.9 Å². The number of fused-ring (bicyclic) bond motifs is 2. The second kappa shape index (κ2) is 18.6. The van der Waals surface area contributed by atoms with E-state index < -0.39 is 20.8 Å². The van der Waals surface area contributed by atoms with Crippen molar-refractivity contribution in [2.45, 2.75) is 13.1 Å². The quantitative estimate of drug-likeness (QED) is 0.132. The molecule has 0 saturated heterocycles. The molecule has 0 bridgehead atoms. The third kappa shape index (κ3) is 9.15. The van der Waals surface area contributed by atoms with E-state index in [9.17, 15) is 0 Å². The third-order valence-corrected chi connectivity index (χ3v) is 7.60. The van der Waals surface area contributed by atoms with E-state index in [-0.39, 0.29) is 0 Å². The Morgan fingerprint density at radius 2 is 0.875 bits per heavy atom. The molecule has 8 aromatic rings. The molecular formula is C42H34Cl2N2SiZr. The van der Waals surface area contributed by atoms with Gasteiger partial charge in [-0.3, -0.25) is 9.97 Å². The van der Waals surface area contributed by atoms with Gasteiger partial charge in [0.25, 0.3) is 0 Å². The molecule has 2 radical (unpaired) electrons. The van der Waals surface area contributed by atoms with Gasteiger partial charge in [0.05, 0.1) is 11.4 Å². The van der Waals surface area contributed by atoms with Gasteiger partial charge in [-0.15, -0.1) is 69.1 Å². The first-order valence-electron chi connectivity index (χ1n) is 15.5. The monoisotopic (exact) mass is 754 g/mol. The molecule has 0 spiro atoms. The third-order valence-electron chi connectivity index (χ3n) is 7.60. The van der Waals surface area contributed by atoms with Crippen LogP contribution in [0.4, 0.5) is 0 Å². The predicted molar refractivity (Wildman–Crippen MR) is 206 cm³/mol. The fourth-order valence-corrected chi connectivity index (χ4v) is 5.55. The van der Waals surface area contributed by atoms with Crippen molar-refractivity contribution in [2.75, 3.05) is 0 Å². The van der Waals surface area contributed by atoms with Crippen LogP contribution in [-0.2, 0) is 20.8 Å². The van der Waals surface area contributed by atoms with Gasteiger partial charge in [0, 0.05) is 21.9 Å². The summed E-state index contributed by atoms with van der Waals surface area (Å²) in [5.41, 5.74) is 9.44. The molecule has 2 heterocycles. The van der Waals surface area contributed by atoms with Crippen LogP contribution in [0.5, 0.6) is 0 Å². The molecule has 2 aromatic heterocycles. The minimum absolute atomic E-state index is 0.826. The number of pyridine rings is 2. The maximum atomic E-state index is 4.93. The van der Waals surface area contributed by atoms with Crippen LogP contribution in [-0.4, -0.2) is 19.5 Å². The normalized spacial score (nSPS) is 10.1. The Morgan fingerprint density at radius 1 is 0.500 bits per heavy atom. The van der Waals surface area contributed by atoms with E-state index in [0.717, 1.165) is 20.9 Å². The minimum Gasteiger partial charge on any atom is -0.257 e. The van der Waals surface area contributed by atoms with Gasteiger partial charge < -0.3 is 0 Å². The van der Waals surface area contributed by atoms with E-state index in [1.54, 1.807) is 0 Å². The smallest absolute Gasteiger partial charge is 0.0627 e. The molecule has 0 atom stereocenters. The maximum Gasteiger partial charge on any atom is 0.0627 e. The number of benzene rings is 4. The van der Waals surface area contributed by atoms with Crippen LogP contribution in [0.1, 0.15) is 0 Å². The summed E-state index contributed by atoms with van der Waals surface area (Å²) >= 11 is -0.826. The molecule has 0 fully saturated rings. The van der Waals surface area contributed by atoms with E-state index in [4.69, 9.17) is 17.0 Å². The molecule has 6 heteroatoms. The Hall–Kier alpha value is -3.92. The van der Waals surface area contributed by atoms with Gasteiger partial charge in [0.15, 0.2) is 0 Å². The Labute approximate surface area is 304 Å². The summed E-state index contributed by atoms with van der Waals surface area (Å²) in [5, 5.41) is 5.04. The molecule has 0 aliphatic carbocycles. The fraction of sp³-hybridized carbons (Fsp3) is 0.0476. The molecular weight excluding hydrogens is 723 g/mol. The Balaban J connectivity index is 0.000000162. The fourth-order valence-electron chi connectivity index (χ4n) is 5.55. The SMILES string of the molecule is C[Si]C.[Cl][Zr+2][Cl].c1ccc(-c2cc3c(-c4ccccn4)cccc3[cH-]2)cc1.c1ccc(-c2cc3c(-c4ccccn4)cccc3[cH-]2)cc1. The largest absolute Gasteiger partial charge is 0.257 e. The van der Waals surface area contributed by atoms with Crippen molar-refractivity contribution in [2.24, 2.45) is 0 Å². The van der Waals surface area contributed by atoms with Crippen molar-refractivity contribution in [3.05, 3.63) is 170 Å². The van der Waals surface area contributed by atoms with E-state index >= 15 is 0 Å². The topological polar surface area (TPSA) is 25.8 Å². The summed E-state index contributed by atoms with van der Waals surface area (Å²) in [5.74, 6) is 0. The molecule has 8 rings (SSSR count). The Bertz CT molecular complexity index is 1960. The summed E-state index contributed by atoms with van der Waals surface area (Å²) in [6.07, 6.45) is 3.68. The maximum absolute atomic E-state index is 4.93. The number of rotatable bonds is 4. The van der Waals surface area contributed by atoms with Crippen molar-refractivity contribution in [1.82, 2.24) is 9.97 Å². The van der Waals surface area contributed by atoms with Crippen LogP contribution < -0.4 is 0 Å². The van der Waals surface area contributed by atoms with Crippen molar-refractivity contribution >= 4 is 48.1 Å². The van der Waals surface area contributed by atoms with E-state index in [0.29, 0.717) is 0 Å². The average Bonchev–Trinajstić information content (AvgIpc) is 3.80. The van der Waals surface area contributed by atoms with Gasteiger partial charge in [0.2, 0.25) is 0 Å². The van der Waals surface area contributed by atoms with Crippen LogP contribution in [0.2, 0.25) is 13.1 Å². The van der Waals surface area contributed by atoms with Crippen LogP contribution >= 0.6 is 17.0 Å². The van der Waals surface area contributed by atoms with Crippen LogP contribution in [0, 0.1) is 0 Å². The molecule has 0 aliphatic heterocycles. The number of aromatic nitrogens is 2. The van der Waals surface area contributed by atoms with Crippen LogP contribution in [0.3, 0.4) is 0 Å². The van der Waals surface area contributed by atoms with Crippen molar-refractivity contribution < 1.29 is 20.8 Å². The molecule has 6 aromatic carbocycles. The van der Waals surface area contributed by atoms with Crippen LogP contribution in [0.25, 0.3) is 66.3 Å².